The molecule has 0 aliphatic heterocycles. The number of amides is 1. The van der Waals surface area contributed by atoms with Crippen molar-refractivity contribution in [2.75, 3.05) is 5.32 Å². The number of anilines is 1. The van der Waals surface area contributed by atoms with E-state index in [1.54, 1.807) is 43.3 Å². The van der Waals surface area contributed by atoms with Gasteiger partial charge in [-0.2, -0.15) is 0 Å². The van der Waals surface area contributed by atoms with E-state index in [1.807, 2.05) is 24.3 Å². The zero-order chi connectivity index (χ0) is 22.0. The van der Waals surface area contributed by atoms with E-state index in [2.05, 4.69) is 10.3 Å². The van der Waals surface area contributed by atoms with Crippen molar-refractivity contribution in [3.63, 3.8) is 0 Å². The van der Waals surface area contributed by atoms with Crippen LogP contribution in [0.2, 0.25) is 15.1 Å². The summed E-state index contributed by atoms with van der Waals surface area (Å²) in [6, 6.07) is 17.6. The molecule has 4 aromatic rings. The first-order valence-electron chi connectivity index (χ1n) is 9.44. The van der Waals surface area contributed by atoms with Crippen LogP contribution in [0.5, 0.6) is 5.75 Å². The molecule has 0 fully saturated rings. The van der Waals surface area contributed by atoms with Crippen LogP contribution in [0.25, 0.3) is 11.1 Å². The average Bonchev–Trinajstić information content (AvgIpc) is 3.13. The van der Waals surface area contributed by atoms with E-state index in [1.165, 1.54) is 0 Å². The summed E-state index contributed by atoms with van der Waals surface area (Å²) in [7, 11) is 0. The van der Waals surface area contributed by atoms with Crippen molar-refractivity contribution in [2.24, 2.45) is 0 Å². The molecule has 5 nitrogen and oxygen atoms in total. The first kappa shape index (κ1) is 21.5. The molecule has 0 saturated carbocycles. The van der Waals surface area contributed by atoms with E-state index >= 15 is 0 Å². The van der Waals surface area contributed by atoms with E-state index in [0.29, 0.717) is 49.9 Å². The molecule has 31 heavy (non-hydrogen) atoms. The minimum atomic E-state index is -0.771. The van der Waals surface area contributed by atoms with Gasteiger partial charge in [0.1, 0.15) is 11.3 Å². The Labute approximate surface area is 193 Å². The molecule has 8 heteroatoms. The van der Waals surface area contributed by atoms with Gasteiger partial charge in [-0.25, -0.2) is 4.98 Å². The van der Waals surface area contributed by atoms with Crippen molar-refractivity contribution in [1.82, 2.24) is 4.98 Å². The molecule has 1 heterocycles. The summed E-state index contributed by atoms with van der Waals surface area (Å²) in [5.41, 5.74) is 2.91. The Morgan fingerprint density at radius 2 is 1.77 bits per heavy atom. The molecule has 158 valence electrons. The normalized spacial score (nSPS) is 12.0. The van der Waals surface area contributed by atoms with Crippen LogP contribution in [0.15, 0.2) is 65.1 Å². The van der Waals surface area contributed by atoms with Crippen molar-refractivity contribution < 1.29 is 13.9 Å². The van der Waals surface area contributed by atoms with E-state index in [0.717, 1.165) is 5.56 Å². The Morgan fingerprint density at radius 1 is 1.03 bits per heavy atom. The molecule has 1 atom stereocenters. The van der Waals surface area contributed by atoms with Crippen LogP contribution in [-0.4, -0.2) is 17.0 Å². The fourth-order valence-electron chi connectivity index (χ4n) is 2.96. The molecular weight excluding hydrogens is 459 g/mol. The summed E-state index contributed by atoms with van der Waals surface area (Å²) in [6.07, 6.45) is -0.229. The number of carbonyl (C=O) groups is 1. The number of rotatable bonds is 6. The van der Waals surface area contributed by atoms with Crippen molar-refractivity contribution in [2.45, 2.75) is 19.4 Å². The Kier molecular flexibility index (Phi) is 6.37. The largest absolute Gasteiger partial charge is 0.479 e. The molecule has 1 amide bonds. The molecule has 0 saturated heterocycles. The lowest BCUT2D eigenvalue weighted by atomic mass is 10.1. The summed E-state index contributed by atoms with van der Waals surface area (Å²) >= 11 is 17.9. The molecule has 1 aromatic heterocycles. The van der Waals surface area contributed by atoms with Crippen LogP contribution < -0.4 is 10.1 Å². The number of halogens is 3. The summed E-state index contributed by atoms with van der Waals surface area (Å²) in [5, 5.41) is 4.33. The highest BCUT2D eigenvalue weighted by Gasteiger charge is 2.17. The third kappa shape index (κ3) is 5.31. The zero-order valence-corrected chi connectivity index (χ0v) is 18.6. The summed E-state index contributed by atoms with van der Waals surface area (Å²) in [4.78, 5) is 17.1. The van der Waals surface area contributed by atoms with Crippen LogP contribution >= 0.6 is 34.8 Å². The number of fused-ring (bicyclic) bond motifs is 1. The lowest BCUT2D eigenvalue weighted by molar-refractivity contribution is -0.122. The topological polar surface area (TPSA) is 64.4 Å². The Morgan fingerprint density at radius 3 is 2.52 bits per heavy atom. The minimum Gasteiger partial charge on any atom is -0.479 e. The second-order valence-electron chi connectivity index (χ2n) is 6.92. The summed E-state index contributed by atoms with van der Waals surface area (Å²) in [5.74, 6) is 0.637. The number of nitrogens with zero attached hydrogens (tertiary/aromatic N) is 1. The van der Waals surface area contributed by atoms with Gasteiger partial charge in [-0.3, -0.25) is 4.79 Å². The number of ether oxygens (including phenoxy) is 1. The Balaban J connectivity index is 1.44. The highest BCUT2D eigenvalue weighted by molar-refractivity contribution is 6.35. The molecular formula is C23H17Cl3N2O3. The lowest BCUT2D eigenvalue weighted by Gasteiger charge is -2.15. The van der Waals surface area contributed by atoms with Crippen LogP contribution in [0.4, 0.5) is 5.69 Å². The maximum absolute atomic E-state index is 12.5. The molecule has 0 spiro atoms. The maximum Gasteiger partial charge on any atom is 0.265 e. The molecule has 0 radical (unpaired) electrons. The van der Waals surface area contributed by atoms with Gasteiger partial charge in [-0.1, -0.05) is 46.9 Å². The molecule has 1 unspecified atom stereocenters. The van der Waals surface area contributed by atoms with E-state index in [4.69, 9.17) is 44.0 Å². The second kappa shape index (κ2) is 9.18. The lowest BCUT2D eigenvalue weighted by Crippen LogP contribution is -2.30. The van der Waals surface area contributed by atoms with Crippen LogP contribution in [0.3, 0.4) is 0 Å². The van der Waals surface area contributed by atoms with Gasteiger partial charge >= 0.3 is 0 Å². The van der Waals surface area contributed by atoms with Crippen molar-refractivity contribution in [1.29, 1.82) is 0 Å². The molecule has 3 aromatic carbocycles. The second-order valence-corrected chi connectivity index (χ2v) is 8.20. The van der Waals surface area contributed by atoms with Gasteiger partial charge in [-0.15, -0.1) is 0 Å². The number of carbonyl (C=O) groups excluding carboxylic acids is 1. The number of hydrogen-bond donors (Lipinski definition) is 1. The summed E-state index contributed by atoms with van der Waals surface area (Å²) in [6.45, 7) is 1.64. The smallest absolute Gasteiger partial charge is 0.265 e. The molecule has 1 N–H and O–H groups in total. The Hall–Kier alpha value is -2.73. The van der Waals surface area contributed by atoms with Gasteiger partial charge < -0.3 is 14.5 Å². The highest BCUT2D eigenvalue weighted by Crippen LogP contribution is 2.28. The monoisotopic (exact) mass is 474 g/mol. The van der Waals surface area contributed by atoms with Crippen molar-refractivity contribution in [3.8, 4) is 5.75 Å². The fourth-order valence-corrected chi connectivity index (χ4v) is 3.54. The SMILES string of the molecule is CC(Oc1ccc(Cl)cc1Cl)C(=O)Nc1ccc2oc(Cc3ccc(Cl)cc3)nc2c1. The third-order valence-electron chi connectivity index (χ3n) is 4.53. The van der Waals surface area contributed by atoms with Gasteiger partial charge in [0.05, 0.1) is 5.02 Å². The van der Waals surface area contributed by atoms with Crippen LogP contribution in [0, 0.1) is 0 Å². The van der Waals surface area contributed by atoms with Gasteiger partial charge in [0.15, 0.2) is 17.6 Å². The van der Waals surface area contributed by atoms with E-state index < -0.39 is 6.10 Å². The van der Waals surface area contributed by atoms with E-state index in [9.17, 15) is 4.79 Å². The third-order valence-corrected chi connectivity index (χ3v) is 5.32. The average molecular weight is 476 g/mol. The predicted molar refractivity (Wildman–Crippen MR) is 123 cm³/mol. The first-order chi connectivity index (χ1) is 14.9. The first-order valence-corrected chi connectivity index (χ1v) is 10.6. The molecule has 0 aliphatic carbocycles. The highest BCUT2D eigenvalue weighted by atomic mass is 35.5. The quantitative estimate of drug-likeness (QED) is 0.334. The van der Waals surface area contributed by atoms with Crippen LogP contribution in [0.1, 0.15) is 18.4 Å². The number of benzene rings is 3. The maximum atomic E-state index is 12.5. The standard InChI is InChI=1S/C23H17Cl3N2O3/c1-13(30-20-8-6-16(25)11-18(20)26)23(29)27-17-7-9-21-19(12-17)28-22(31-21)10-14-2-4-15(24)5-3-14/h2-9,11-13H,10H2,1H3,(H,27,29). The van der Waals surface area contributed by atoms with Gasteiger partial charge in [0, 0.05) is 22.2 Å². The molecule has 0 aliphatic rings. The summed E-state index contributed by atoms with van der Waals surface area (Å²) < 4.78 is 11.5. The number of oxazole rings is 1. The number of nitrogens with one attached hydrogen (secondary N) is 1. The van der Waals surface area contributed by atoms with Gasteiger partial charge in [-0.05, 0) is 61.0 Å². The predicted octanol–water partition coefficient (Wildman–Crippen LogP) is 6.78. The van der Waals surface area contributed by atoms with Crippen molar-refractivity contribution in [3.05, 3.63) is 87.2 Å². The van der Waals surface area contributed by atoms with E-state index in [-0.39, 0.29) is 5.91 Å². The molecule has 4 rings (SSSR count). The van der Waals surface area contributed by atoms with Crippen molar-refractivity contribution >= 4 is 57.5 Å². The molecule has 0 bridgehead atoms. The Bertz CT molecular complexity index is 1240. The zero-order valence-electron chi connectivity index (χ0n) is 16.4. The van der Waals surface area contributed by atoms with Crippen LogP contribution in [-0.2, 0) is 11.2 Å². The van der Waals surface area contributed by atoms with Gasteiger partial charge in [0.25, 0.3) is 5.91 Å². The number of hydrogen-bond acceptors (Lipinski definition) is 4. The minimum absolute atomic E-state index is 0.324. The van der Waals surface area contributed by atoms with Gasteiger partial charge in [0.2, 0.25) is 0 Å². The fraction of sp³-hybridized carbons (Fsp3) is 0.130. The number of aromatic nitrogens is 1.